The first-order valence-corrected chi connectivity index (χ1v) is 11.0. The first-order chi connectivity index (χ1) is 16.0. The highest BCUT2D eigenvalue weighted by molar-refractivity contribution is 7.59. The molecule has 2 aliphatic heterocycles. The van der Waals surface area contributed by atoms with Gasteiger partial charge in [0.25, 0.3) is 0 Å². The van der Waals surface area contributed by atoms with E-state index in [4.69, 9.17) is 4.98 Å². The molecule has 1 amide bonds. The first kappa shape index (κ1) is 24.2. The second-order valence-corrected chi connectivity index (χ2v) is 8.45. The van der Waals surface area contributed by atoms with Crippen molar-refractivity contribution in [2.45, 2.75) is 25.7 Å². The van der Waals surface area contributed by atoms with Crippen molar-refractivity contribution in [3.8, 4) is 11.3 Å². The van der Waals surface area contributed by atoms with E-state index < -0.39 is 6.17 Å². The molecule has 1 N–H and O–H groups in total. The number of halogens is 3. The van der Waals surface area contributed by atoms with E-state index in [0.29, 0.717) is 62.2 Å². The lowest BCUT2D eigenvalue weighted by molar-refractivity contribution is -0.133. The number of benzene rings is 2. The zero-order chi connectivity index (χ0) is 22.9. The number of nitrogens with zero attached hydrogens (tertiary/aromatic N) is 4. The smallest absolute Gasteiger partial charge is 0.237 e. The van der Waals surface area contributed by atoms with E-state index in [1.54, 1.807) is 29.2 Å². The fourth-order valence-corrected chi connectivity index (χ4v) is 4.37. The third kappa shape index (κ3) is 5.07. The molecule has 180 valence electrons. The molecule has 1 saturated heterocycles. The fourth-order valence-electron chi connectivity index (χ4n) is 4.37. The molecule has 2 aromatic carbocycles. The van der Waals surface area contributed by atoms with E-state index in [1.807, 2.05) is 9.47 Å². The van der Waals surface area contributed by atoms with Gasteiger partial charge < -0.3 is 14.8 Å². The summed E-state index contributed by atoms with van der Waals surface area (Å²) in [6.07, 6.45) is -0.395. The van der Waals surface area contributed by atoms with Crippen LogP contribution in [0.25, 0.3) is 11.3 Å². The molecule has 0 radical (unpaired) electrons. The van der Waals surface area contributed by atoms with Gasteiger partial charge in [0, 0.05) is 37.4 Å². The van der Waals surface area contributed by atoms with E-state index in [-0.39, 0.29) is 37.6 Å². The summed E-state index contributed by atoms with van der Waals surface area (Å²) in [7, 11) is 0. The van der Waals surface area contributed by atoms with Gasteiger partial charge >= 0.3 is 0 Å². The number of hydrogen-bond acceptors (Lipinski definition) is 4. The number of likely N-dealkylation sites (tertiary alicyclic amines) is 1. The van der Waals surface area contributed by atoms with Crippen LogP contribution < -0.4 is 5.32 Å². The molecule has 0 spiro atoms. The van der Waals surface area contributed by atoms with Gasteiger partial charge in [-0.1, -0.05) is 0 Å². The van der Waals surface area contributed by atoms with E-state index in [2.05, 4.69) is 5.32 Å². The molecular formula is C24H26F3N5OS. The van der Waals surface area contributed by atoms with Crippen molar-refractivity contribution in [1.29, 1.82) is 0 Å². The molecule has 0 saturated carbocycles. The van der Waals surface area contributed by atoms with E-state index in [9.17, 15) is 18.0 Å². The summed E-state index contributed by atoms with van der Waals surface area (Å²) in [5.41, 5.74) is 2.05. The highest BCUT2D eigenvalue weighted by atomic mass is 32.1. The second-order valence-electron chi connectivity index (χ2n) is 8.45. The maximum absolute atomic E-state index is 13.5. The molecule has 2 aliphatic rings. The van der Waals surface area contributed by atoms with Crippen LogP contribution in [0.1, 0.15) is 12.2 Å². The van der Waals surface area contributed by atoms with Crippen molar-refractivity contribution in [1.82, 2.24) is 19.4 Å². The minimum Gasteiger partial charge on any atom is -0.340 e. The Morgan fingerprint density at radius 2 is 1.68 bits per heavy atom. The van der Waals surface area contributed by atoms with Gasteiger partial charge in [-0.15, -0.1) is 0 Å². The zero-order valence-electron chi connectivity index (χ0n) is 18.5. The van der Waals surface area contributed by atoms with Crippen LogP contribution in [0.5, 0.6) is 0 Å². The van der Waals surface area contributed by atoms with Crippen LogP contribution in [-0.2, 0) is 17.9 Å². The first-order valence-electron chi connectivity index (χ1n) is 11.0. The molecule has 10 heteroatoms. The van der Waals surface area contributed by atoms with Gasteiger partial charge in [-0.3, -0.25) is 9.69 Å². The maximum atomic E-state index is 13.5. The number of alkyl halides is 1. The molecule has 0 bridgehead atoms. The van der Waals surface area contributed by atoms with Crippen LogP contribution in [0.2, 0.25) is 0 Å². The van der Waals surface area contributed by atoms with Crippen LogP contribution in [-0.4, -0.2) is 57.6 Å². The number of carbonyl (C=O) groups excluding carboxylic acids is 1. The summed E-state index contributed by atoms with van der Waals surface area (Å²) in [5.74, 6) is 0.680. The molecule has 0 unspecified atom stereocenters. The molecule has 1 fully saturated rings. The average molecular weight is 490 g/mol. The molecular weight excluding hydrogens is 463 g/mol. The molecule has 3 heterocycles. The molecule has 34 heavy (non-hydrogen) atoms. The van der Waals surface area contributed by atoms with Gasteiger partial charge in [-0.05, 0) is 55.0 Å². The topological polar surface area (TPSA) is 53.4 Å². The Bertz CT molecular complexity index is 1150. The third-order valence-corrected chi connectivity index (χ3v) is 6.12. The van der Waals surface area contributed by atoms with Crippen molar-refractivity contribution < 1.29 is 18.0 Å². The normalized spacial score (nSPS) is 17.9. The van der Waals surface area contributed by atoms with Gasteiger partial charge in [-0.25, -0.2) is 18.2 Å². The Morgan fingerprint density at radius 1 is 1.00 bits per heavy atom. The third-order valence-electron chi connectivity index (χ3n) is 6.12. The zero-order valence-corrected chi connectivity index (χ0v) is 19.5. The molecule has 1 atom stereocenters. The minimum absolute atomic E-state index is 0. The van der Waals surface area contributed by atoms with Crippen LogP contribution in [0.3, 0.4) is 0 Å². The van der Waals surface area contributed by atoms with Crippen LogP contribution in [0, 0.1) is 11.6 Å². The molecule has 5 rings (SSSR count). The lowest BCUT2D eigenvalue weighted by Gasteiger charge is -2.30. The molecule has 0 aliphatic carbocycles. The van der Waals surface area contributed by atoms with Gasteiger partial charge in [-0.2, -0.15) is 13.5 Å². The lowest BCUT2D eigenvalue weighted by atomic mass is 10.1. The van der Waals surface area contributed by atoms with Crippen molar-refractivity contribution in [3.05, 3.63) is 66.0 Å². The average Bonchev–Trinajstić information content (AvgIpc) is 3.38. The lowest BCUT2D eigenvalue weighted by Crippen LogP contribution is -2.43. The summed E-state index contributed by atoms with van der Waals surface area (Å²) in [4.78, 5) is 21.2. The predicted octanol–water partition coefficient (Wildman–Crippen LogP) is 4.07. The Kier molecular flexibility index (Phi) is 7.18. The largest absolute Gasteiger partial charge is 0.340 e. The van der Waals surface area contributed by atoms with E-state index >= 15 is 0 Å². The van der Waals surface area contributed by atoms with Gasteiger partial charge in [0.05, 0.1) is 13.1 Å². The number of carbonyl (C=O) groups is 1. The maximum Gasteiger partial charge on any atom is 0.237 e. The van der Waals surface area contributed by atoms with Gasteiger partial charge in [0.1, 0.15) is 35.1 Å². The number of anilines is 2. The number of aromatic nitrogens is 2. The highest BCUT2D eigenvalue weighted by Crippen LogP contribution is 2.33. The molecule has 1 aromatic heterocycles. The number of nitrogens with one attached hydrogen (secondary N) is 1. The van der Waals surface area contributed by atoms with Crippen molar-refractivity contribution in [2.24, 2.45) is 0 Å². The summed E-state index contributed by atoms with van der Waals surface area (Å²) in [6.45, 7) is 2.43. The van der Waals surface area contributed by atoms with Crippen LogP contribution >= 0.6 is 13.5 Å². The summed E-state index contributed by atoms with van der Waals surface area (Å²) in [6, 6.07) is 12.1. The number of fused-ring (bicyclic) bond motifs is 1. The summed E-state index contributed by atoms with van der Waals surface area (Å²) < 4.78 is 42.3. The van der Waals surface area contributed by atoms with Crippen molar-refractivity contribution in [2.75, 3.05) is 31.5 Å². The Hall–Kier alpha value is -2.98. The SMILES string of the molecule is O=C(CN1CC[C@H](F)C1)N1CCn2c(nc(-c3ccc(F)cc3)c2Nc2ccc(F)cc2)C1.S. The number of rotatable bonds is 5. The van der Waals surface area contributed by atoms with Crippen LogP contribution in [0.15, 0.2) is 48.5 Å². The van der Waals surface area contributed by atoms with Crippen molar-refractivity contribution in [3.63, 3.8) is 0 Å². The van der Waals surface area contributed by atoms with Crippen molar-refractivity contribution >= 4 is 30.9 Å². The summed E-state index contributed by atoms with van der Waals surface area (Å²) >= 11 is 0. The number of imidazole rings is 1. The Labute approximate surface area is 202 Å². The summed E-state index contributed by atoms with van der Waals surface area (Å²) in [5, 5.41) is 3.32. The number of amides is 1. The Morgan fingerprint density at radius 3 is 2.32 bits per heavy atom. The quantitative estimate of drug-likeness (QED) is 0.587. The van der Waals surface area contributed by atoms with E-state index in [1.165, 1.54) is 24.3 Å². The van der Waals surface area contributed by atoms with Gasteiger partial charge in [0.2, 0.25) is 5.91 Å². The monoisotopic (exact) mass is 489 g/mol. The fraction of sp³-hybridized carbons (Fsp3) is 0.333. The molecule has 3 aromatic rings. The van der Waals surface area contributed by atoms with Gasteiger partial charge in [0.15, 0.2) is 0 Å². The molecule has 6 nitrogen and oxygen atoms in total. The van der Waals surface area contributed by atoms with Crippen LogP contribution in [0.4, 0.5) is 24.7 Å². The second kappa shape index (κ2) is 10.1. The predicted molar refractivity (Wildman–Crippen MR) is 129 cm³/mol. The number of hydrogen-bond donors (Lipinski definition) is 1. The minimum atomic E-state index is -0.864. The Balaban J connectivity index is 0.00000274. The standard InChI is InChI=1S/C24H24F3N5O.H2S/c25-17-3-1-16(2-4-17)23-24(28-20-7-5-18(26)6-8-20)32-12-11-31(14-21(32)29-23)22(33)15-30-10-9-19(27)13-30;/h1-8,19,28H,9-15H2;1H2/t19-;/m0./s1. The highest BCUT2D eigenvalue weighted by Gasteiger charge is 2.29. The van der Waals surface area contributed by atoms with E-state index in [0.717, 1.165) is 5.56 Å².